The lowest BCUT2D eigenvalue weighted by Gasteiger charge is -2.23. The van der Waals surface area contributed by atoms with Crippen LogP contribution in [0.5, 0.6) is 0 Å². The second-order valence-corrected chi connectivity index (χ2v) is 6.84. The summed E-state index contributed by atoms with van der Waals surface area (Å²) < 4.78 is 15.8. The SMILES string of the molecule is CCNC(=O)[C@@H]1C[C@@H](NC(=O)c2cccn2C)CN1Cc1ccccc1F. The fourth-order valence-corrected chi connectivity index (χ4v) is 3.55. The molecule has 1 aliphatic rings. The van der Waals surface area contributed by atoms with Crippen molar-refractivity contribution in [2.45, 2.75) is 32.0 Å². The minimum atomic E-state index is -0.400. The van der Waals surface area contributed by atoms with Crippen LogP contribution < -0.4 is 10.6 Å². The molecule has 0 saturated carbocycles. The lowest BCUT2D eigenvalue weighted by atomic mass is 10.1. The third-order valence-corrected chi connectivity index (χ3v) is 4.90. The van der Waals surface area contributed by atoms with Crippen LogP contribution in [0.2, 0.25) is 0 Å². The smallest absolute Gasteiger partial charge is 0.268 e. The molecule has 0 radical (unpaired) electrons. The Kier molecular flexibility index (Phi) is 5.91. The molecule has 0 spiro atoms. The van der Waals surface area contributed by atoms with Crippen molar-refractivity contribution in [1.29, 1.82) is 0 Å². The summed E-state index contributed by atoms with van der Waals surface area (Å²) in [5, 5.41) is 5.84. The predicted octanol–water partition coefficient (Wildman–Crippen LogP) is 1.67. The topological polar surface area (TPSA) is 66.4 Å². The van der Waals surface area contributed by atoms with Crippen LogP contribution in [0.3, 0.4) is 0 Å². The van der Waals surface area contributed by atoms with Crippen LogP contribution in [0, 0.1) is 5.82 Å². The zero-order chi connectivity index (χ0) is 19.4. The monoisotopic (exact) mass is 372 g/mol. The first-order chi connectivity index (χ1) is 13.0. The fraction of sp³-hybridized carbons (Fsp3) is 0.400. The second-order valence-electron chi connectivity index (χ2n) is 6.84. The van der Waals surface area contributed by atoms with E-state index in [0.29, 0.717) is 37.3 Å². The number of carbonyl (C=O) groups is 2. The Morgan fingerprint density at radius 1 is 1.22 bits per heavy atom. The Morgan fingerprint density at radius 3 is 2.67 bits per heavy atom. The molecule has 2 atom stereocenters. The van der Waals surface area contributed by atoms with Crippen LogP contribution in [0.15, 0.2) is 42.6 Å². The van der Waals surface area contributed by atoms with Gasteiger partial charge in [0.1, 0.15) is 11.5 Å². The Hall–Kier alpha value is -2.67. The van der Waals surface area contributed by atoms with E-state index in [1.165, 1.54) is 6.07 Å². The standard InChI is InChI=1S/C20H25FN4O2/c1-3-22-19(26)18-11-15(23-20(27)17-9-6-10-24(17)2)13-25(18)12-14-7-4-5-8-16(14)21/h4-10,15,18H,3,11-13H2,1-2H3,(H,22,26)(H,23,27)/t15-,18+/m1/s1. The van der Waals surface area contributed by atoms with Gasteiger partial charge in [0.25, 0.3) is 5.91 Å². The van der Waals surface area contributed by atoms with E-state index >= 15 is 0 Å². The van der Waals surface area contributed by atoms with Gasteiger partial charge in [0.2, 0.25) is 5.91 Å². The number of aromatic nitrogens is 1. The van der Waals surface area contributed by atoms with Gasteiger partial charge in [-0.05, 0) is 31.5 Å². The molecule has 2 N–H and O–H groups in total. The van der Waals surface area contributed by atoms with Crippen LogP contribution >= 0.6 is 0 Å². The molecule has 0 aliphatic carbocycles. The largest absolute Gasteiger partial charge is 0.355 e. The lowest BCUT2D eigenvalue weighted by Crippen LogP contribution is -2.42. The van der Waals surface area contributed by atoms with Crippen molar-refractivity contribution in [3.8, 4) is 0 Å². The van der Waals surface area contributed by atoms with Crippen molar-refractivity contribution < 1.29 is 14.0 Å². The van der Waals surface area contributed by atoms with Crippen molar-refractivity contribution in [2.75, 3.05) is 13.1 Å². The molecule has 27 heavy (non-hydrogen) atoms. The maximum absolute atomic E-state index is 14.1. The Balaban J connectivity index is 1.73. The van der Waals surface area contributed by atoms with Crippen molar-refractivity contribution in [2.24, 2.45) is 7.05 Å². The summed E-state index contributed by atoms with van der Waals surface area (Å²) >= 11 is 0. The molecule has 2 aromatic rings. The Bertz CT molecular complexity index is 820. The Labute approximate surface area is 158 Å². The number of hydrogen-bond acceptors (Lipinski definition) is 3. The summed E-state index contributed by atoms with van der Waals surface area (Å²) in [4.78, 5) is 26.9. The summed E-state index contributed by atoms with van der Waals surface area (Å²) in [7, 11) is 1.81. The maximum Gasteiger partial charge on any atom is 0.268 e. The number of nitrogens with zero attached hydrogens (tertiary/aromatic N) is 2. The number of benzene rings is 1. The number of likely N-dealkylation sites (N-methyl/N-ethyl adjacent to an activating group) is 1. The third kappa shape index (κ3) is 4.36. The van der Waals surface area contributed by atoms with Crippen LogP contribution in [0.1, 0.15) is 29.4 Å². The number of nitrogens with one attached hydrogen (secondary N) is 2. The third-order valence-electron chi connectivity index (χ3n) is 4.90. The van der Waals surface area contributed by atoms with Gasteiger partial charge in [0.05, 0.1) is 6.04 Å². The van der Waals surface area contributed by atoms with Crippen LogP contribution in [-0.2, 0) is 18.4 Å². The first-order valence-corrected chi connectivity index (χ1v) is 9.17. The van der Waals surface area contributed by atoms with Gasteiger partial charge in [-0.2, -0.15) is 0 Å². The number of hydrogen-bond donors (Lipinski definition) is 2. The molecule has 0 bridgehead atoms. The molecule has 3 rings (SSSR count). The highest BCUT2D eigenvalue weighted by atomic mass is 19.1. The zero-order valence-corrected chi connectivity index (χ0v) is 15.6. The van der Waals surface area contributed by atoms with Crippen molar-refractivity contribution in [1.82, 2.24) is 20.1 Å². The molecular formula is C20H25FN4O2. The van der Waals surface area contributed by atoms with Gasteiger partial charge in [0.15, 0.2) is 0 Å². The molecule has 1 aromatic heterocycles. The molecule has 2 heterocycles. The van der Waals surface area contributed by atoms with Crippen LogP contribution in [-0.4, -0.2) is 46.5 Å². The number of likely N-dealkylation sites (tertiary alicyclic amines) is 1. The molecule has 1 aliphatic heterocycles. The quantitative estimate of drug-likeness (QED) is 0.811. The van der Waals surface area contributed by atoms with E-state index in [1.54, 1.807) is 28.8 Å². The van der Waals surface area contributed by atoms with Crippen LogP contribution in [0.25, 0.3) is 0 Å². The van der Waals surface area contributed by atoms with Gasteiger partial charge in [-0.15, -0.1) is 0 Å². The van der Waals surface area contributed by atoms with Gasteiger partial charge in [-0.3, -0.25) is 14.5 Å². The minimum absolute atomic E-state index is 0.0931. The van der Waals surface area contributed by atoms with E-state index in [2.05, 4.69) is 10.6 Å². The molecular weight excluding hydrogens is 347 g/mol. The van der Waals surface area contributed by atoms with E-state index in [-0.39, 0.29) is 23.7 Å². The molecule has 144 valence electrons. The first kappa shape index (κ1) is 19.1. The average molecular weight is 372 g/mol. The maximum atomic E-state index is 14.1. The Morgan fingerprint density at radius 2 is 2.00 bits per heavy atom. The van der Waals surface area contributed by atoms with E-state index in [9.17, 15) is 14.0 Å². The van der Waals surface area contributed by atoms with Crippen molar-refractivity contribution >= 4 is 11.8 Å². The molecule has 2 amide bonds. The normalized spacial score (nSPS) is 19.8. The number of rotatable bonds is 6. The first-order valence-electron chi connectivity index (χ1n) is 9.17. The predicted molar refractivity (Wildman–Crippen MR) is 101 cm³/mol. The fourth-order valence-electron chi connectivity index (χ4n) is 3.55. The molecule has 6 nitrogen and oxygen atoms in total. The summed E-state index contributed by atoms with van der Waals surface area (Å²) in [6, 6.07) is 9.56. The van der Waals surface area contributed by atoms with Gasteiger partial charge < -0.3 is 15.2 Å². The number of aryl methyl sites for hydroxylation is 1. The lowest BCUT2D eigenvalue weighted by molar-refractivity contribution is -0.125. The number of halogens is 1. The highest BCUT2D eigenvalue weighted by Gasteiger charge is 2.37. The molecule has 1 aromatic carbocycles. The highest BCUT2D eigenvalue weighted by Crippen LogP contribution is 2.22. The van der Waals surface area contributed by atoms with Gasteiger partial charge in [-0.1, -0.05) is 18.2 Å². The average Bonchev–Trinajstić information content (AvgIpc) is 3.23. The summed E-state index contributed by atoms with van der Waals surface area (Å²) in [6.45, 7) is 3.21. The van der Waals surface area contributed by atoms with Crippen LogP contribution in [0.4, 0.5) is 4.39 Å². The van der Waals surface area contributed by atoms with Gasteiger partial charge in [0, 0.05) is 44.5 Å². The minimum Gasteiger partial charge on any atom is -0.355 e. The van der Waals surface area contributed by atoms with Gasteiger partial charge in [-0.25, -0.2) is 4.39 Å². The van der Waals surface area contributed by atoms with E-state index < -0.39 is 6.04 Å². The van der Waals surface area contributed by atoms with E-state index in [0.717, 1.165) is 0 Å². The summed E-state index contributed by atoms with van der Waals surface area (Å²) in [5.41, 5.74) is 1.11. The van der Waals surface area contributed by atoms with Gasteiger partial charge >= 0.3 is 0 Å². The molecule has 1 fully saturated rings. The number of amides is 2. The molecule has 7 heteroatoms. The summed E-state index contributed by atoms with van der Waals surface area (Å²) in [5.74, 6) is -0.553. The molecule has 1 saturated heterocycles. The molecule has 0 unspecified atom stereocenters. The highest BCUT2D eigenvalue weighted by molar-refractivity contribution is 5.93. The number of carbonyl (C=O) groups excluding carboxylic acids is 2. The summed E-state index contributed by atoms with van der Waals surface area (Å²) in [6.07, 6.45) is 2.31. The van der Waals surface area contributed by atoms with Crippen molar-refractivity contribution in [3.63, 3.8) is 0 Å². The van der Waals surface area contributed by atoms with E-state index in [4.69, 9.17) is 0 Å². The van der Waals surface area contributed by atoms with E-state index in [1.807, 2.05) is 31.1 Å². The van der Waals surface area contributed by atoms with Crippen molar-refractivity contribution in [3.05, 3.63) is 59.7 Å². The second kappa shape index (κ2) is 8.35. The zero-order valence-electron chi connectivity index (χ0n) is 15.6.